The standard InChI is InChI=1S/C24H27FN2O/c1-4-27(22-11-7-9-18-8-5-6-10-21(18)22)23(28)16-26-24(17(2)3)19-12-14-20(25)15-13-19/h5-15,17,24,26H,4,16H2,1-3H3. The molecule has 0 heterocycles. The van der Waals surface area contributed by atoms with Crippen molar-refractivity contribution in [3.05, 3.63) is 78.1 Å². The third-order valence-corrected chi connectivity index (χ3v) is 5.04. The van der Waals surface area contributed by atoms with Gasteiger partial charge in [-0.1, -0.05) is 62.4 Å². The van der Waals surface area contributed by atoms with Crippen LogP contribution in [-0.4, -0.2) is 19.0 Å². The lowest BCUT2D eigenvalue weighted by Gasteiger charge is -2.26. The molecule has 0 saturated heterocycles. The van der Waals surface area contributed by atoms with Crippen molar-refractivity contribution >= 4 is 22.4 Å². The van der Waals surface area contributed by atoms with Crippen LogP contribution in [-0.2, 0) is 4.79 Å². The van der Waals surface area contributed by atoms with E-state index in [4.69, 9.17) is 0 Å². The summed E-state index contributed by atoms with van der Waals surface area (Å²) in [6.07, 6.45) is 0. The van der Waals surface area contributed by atoms with Gasteiger partial charge in [0.05, 0.1) is 12.2 Å². The maximum Gasteiger partial charge on any atom is 0.240 e. The van der Waals surface area contributed by atoms with E-state index in [9.17, 15) is 9.18 Å². The van der Waals surface area contributed by atoms with E-state index in [0.717, 1.165) is 22.0 Å². The third kappa shape index (κ3) is 4.39. The Morgan fingerprint density at radius 2 is 1.68 bits per heavy atom. The molecular formula is C24H27FN2O. The van der Waals surface area contributed by atoms with Crippen LogP contribution in [0, 0.1) is 11.7 Å². The fourth-order valence-electron chi connectivity index (χ4n) is 3.63. The summed E-state index contributed by atoms with van der Waals surface area (Å²) in [5.41, 5.74) is 1.91. The number of carbonyl (C=O) groups is 1. The highest BCUT2D eigenvalue weighted by Crippen LogP contribution is 2.27. The lowest BCUT2D eigenvalue weighted by atomic mass is 9.96. The van der Waals surface area contributed by atoms with Crippen molar-refractivity contribution in [2.45, 2.75) is 26.8 Å². The quantitative estimate of drug-likeness (QED) is 0.603. The molecule has 0 spiro atoms. The largest absolute Gasteiger partial charge is 0.311 e. The van der Waals surface area contributed by atoms with Gasteiger partial charge in [-0.05, 0) is 42.0 Å². The van der Waals surface area contributed by atoms with E-state index < -0.39 is 0 Å². The maximum absolute atomic E-state index is 13.3. The van der Waals surface area contributed by atoms with E-state index in [0.29, 0.717) is 6.54 Å². The molecule has 4 heteroatoms. The molecule has 0 aromatic heterocycles. The van der Waals surface area contributed by atoms with Crippen molar-refractivity contribution in [2.24, 2.45) is 5.92 Å². The van der Waals surface area contributed by atoms with E-state index in [1.807, 2.05) is 42.2 Å². The number of nitrogens with zero attached hydrogens (tertiary/aromatic N) is 1. The molecule has 0 aliphatic carbocycles. The van der Waals surface area contributed by atoms with Gasteiger partial charge in [0, 0.05) is 18.0 Å². The first-order valence-electron chi connectivity index (χ1n) is 9.78. The molecule has 0 aliphatic rings. The fraction of sp³-hybridized carbons (Fsp3) is 0.292. The molecule has 28 heavy (non-hydrogen) atoms. The van der Waals surface area contributed by atoms with Crippen molar-refractivity contribution in [3.63, 3.8) is 0 Å². The van der Waals surface area contributed by atoms with Gasteiger partial charge in [0.1, 0.15) is 5.82 Å². The molecule has 146 valence electrons. The normalized spacial score (nSPS) is 12.3. The Hall–Kier alpha value is -2.72. The van der Waals surface area contributed by atoms with Crippen molar-refractivity contribution in [1.29, 1.82) is 0 Å². The summed E-state index contributed by atoms with van der Waals surface area (Å²) in [4.78, 5) is 14.9. The predicted octanol–water partition coefficient (Wildman–Crippen LogP) is 5.32. The highest BCUT2D eigenvalue weighted by atomic mass is 19.1. The number of likely N-dealkylation sites (N-methyl/N-ethyl adjacent to an activating group) is 1. The van der Waals surface area contributed by atoms with E-state index in [1.54, 1.807) is 12.1 Å². The zero-order valence-corrected chi connectivity index (χ0v) is 16.7. The van der Waals surface area contributed by atoms with Crippen molar-refractivity contribution in [1.82, 2.24) is 5.32 Å². The van der Waals surface area contributed by atoms with Crippen LogP contribution in [0.5, 0.6) is 0 Å². The lowest BCUT2D eigenvalue weighted by Crippen LogP contribution is -2.40. The molecule has 0 aliphatic heterocycles. The SMILES string of the molecule is CCN(C(=O)CNC(c1ccc(F)cc1)C(C)C)c1cccc2ccccc12. The Morgan fingerprint density at radius 1 is 1.00 bits per heavy atom. The first kappa shape index (κ1) is 20.0. The first-order valence-corrected chi connectivity index (χ1v) is 9.78. The average molecular weight is 378 g/mol. The third-order valence-electron chi connectivity index (χ3n) is 5.04. The zero-order valence-electron chi connectivity index (χ0n) is 16.7. The number of nitrogens with one attached hydrogen (secondary N) is 1. The number of halogens is 1. The summed E-state index contributed by atoms with van der Waals surface area (Å²) < 4.78 is 13.3. The number of amides is 1. The minimum absolute atomic E-state index is 0.0178. The zero-order chi connectivity index (χ0) is 20.1. The number of rotatable bonds is 7. The number of hydrogen-bond donors (Lipinski definition) is 1. The van der Waals surface area contributed by atoms with Gasteiger partial charge in [0.2, 0.25) is 5.91 Å². The molecule has 0 bridgehead atoms. The summed E-state index contributed by atoms with van der Waals surface area (Å²) in [6.45, 7) is 6.98. The van der Waals surface area contributed by atoms with Gasteiger partial charge in [-0.3, -0.25) is 4.79 Å². The fourth-order valence-corrected chi connectivity index (χ4v) is 3.63. The topological polar surface area (TPSA) is 32.3 Å². The molecule has 3 nitrogen and oxygen atoms in total. The van der Waals surface area contributed by atoms with Gasteiger partial charge in [-0.15, -0.1) is 0 Å². The Bertz CT molecular complexity index is 931. The molecule has 3 rings (SSSR count). The van der Waals surface area contributed by atoms with E-state index >= 15 is 0 Å². The molecule has 3 aromatic rings. The molecular weight excluding hydrogens is 351 g/mol. The van der Waals surface area contributed by atoms with Gasteiger partial charge in [0.15, 0.2) is 0 Å². The Kier molecular flexibility index (Phi) is 6.42. The van der Waals surface area contributed by atoms with Gasteiger partial charge >= 0.3 is 0 Å². The average Bonchev–Trinajstić information content (AvgIpc) is 2.70. The van der Waals surface area contributed by atoms with Crippen LogP contribution in [0.15, 0.2) is 66.7 Å². The molecule has 0 saturated carbocycles. The van der Waals surface area contributed by atoms with Crippen molar-refractivity contribution < 1.29 is 9.18 Å². The molecule has 0 radical (unpaired) electrons. The van der Waals surface area contributed by atoms with Gasteiger partial charge in [0.25, 0.3) is 0 Å². The lowest BCUT2D eigenvalue weighted by molar-refractivity contribution is -0.117. The molecule has 1 unspecified atom stereocenters. The number of carbonyl (C=O) groups excluding carboxylic acids is 1. The van der Waals surface area contributed by atoms with Crippen LogP contribution in [0.3, 0.4) is 0 Å². The predicted molar refractivity (Wildman–Crippen MR) is 114 cm³/mol. The molecule has 3 aromatic carbocycles. The summed E-state index contributed by atoms with van der Waals surface area (Å²) in [5.74, 6) is 0.0351. The Balaban J connectivity index is 1.78. The van der Waals surface area contributed by atoms with Crippen LogP contribution in [0.4, 0.5) is 10.1 Å². The van der Waals surface area contributed by atoms with E-state index in [2.05, 4.69) is 31.3 Å². The number of anilines is 1. The molecule has 1 atom stereocenters. The maximum atomic E-state index is 13.3. The number of benzene rings is 3. The summed E-state index contributed by atoms with van der Waals surface area (Å²) >= 11 is 0. The van der Waals surface area contributed by atoms with Gasteiger partial charge < -0.3 is 10.2 Å². The monoisotopic (exact) mass is 378 g/mol. The summed E-state index contributed by atoms with van der Waals surface area (Å²) in [7, 11) is 0. The molecule has 1 N–H and O–H groups in total. The van der Waals surface area contributed by atoms with Crippen molar-refractivity contribution in [2.75, 3.05) is 18.0 Å². The van der Waals surface area contributed by atoms with Crippen molar-refractivity contribution in [3.8, 4) is 0 Å². The van der Waals surface area contributed by atoms with Crippen LogP contribution in [0.25, 0.3) is 10.8 Å². The minimum Gasteiger partial charge on any atom is -0.311 e. The molecule has 1 amide bonds. The summed E-state index contributed by atoms with van der Waals surface area (Å²) in [5, 5.41) is 5.56. The smallest absolute Gasteiger partial charge is 0.240 e. The van der Waals surface area contributed by atoms with Gasteiger partial charge in [-0.2, -0.15) is 0 Å². The van der Waals surface area contributed by atoms with Gasteiger partial charge in [-0.25, -0.2) is 4.39 Å². The Labute approximate surface area is 166 Å². The second-order valence-corrected chi connectivity index (χ2v) is 7.29. The second kappa shape index (κ2) is 8.98. The van der Waals surface area contributed by atoms with Crippen LogP contribution < -0.4 is 10.2 Å². The minimum atomic E-state index is -0.254. The first-order chi connectivity index (χ1) is 13.5. The van der Waals surface area contributed by atoms with Crippen LogP contribution in [0.1, 0.15) is 32.4 Å². The van der Waals surface area contributed by atoms with Crippen LogP contribution >= 0.6 is 0 Å². The van der Waals surface area contributed by atoms with E-state index in [-0.39, 0.29) is 30.2 Å². The highest BCUT2D eigenvalue weighted by molar-refractivity contribution is 6.04. The summed E-state index contributed by atoms with van der Waals surface area (Å²) in [6, 6.07) is 20.6. The highest BCUT2D eigenvalue weighted by Gasteiger charge is 2.20. The Morgan fingerprint density at radius 3 is 2.36 bits per heavy atom. The van der Waals surface area contributed by atoms with Crippen LogP contribution in [0.2, 0.25) is 0 Å². The molecule has 0 fully saturated rings. The van der Waals surface area contributed by atoms with E-state index in [1.165, 1.54) is 12.1 Å². The number of fused-ring (bicyclic) bond motifs is 1. The number of hydrogen-bond acceptors (Lipinski definition) is 2. The second-order valence-electron chi connectivity index (χ2n) is 7.29.